The van der Waals surface area contributed by atoms with Crippen LogP contribution in [0, 0.1) is 17.3 Å². The number of rotatable bonds is 4. The van der Waals surface area contributed by atoms with E-state index in [0.717, 1.165) is 11.8 Å². The second-order valence-electron chi connectivity index (χ2n) is 6.75. The highest BCUT2D eigenvalue weighted by Gasteiger charge is 2.32. The van der Waals surface area contributed by atoms with E-state index in [1.54, 1.807) is 0 Å². The lowest BCUT2D eigenvalue weighted by molar-refractivity contribution is 0.211. The summed E-state index contributed by atoms with van der Waals surface area (Å²) in [6.07, 6.45) is 1.37. The second kappa shape index (κ2) is 5.50. The number of likely N-dealkylation sites (N-methyl/N-ethyl adjacent to an activating group) is 1. The fourth-order valence-electron chi connectivity index (χ4n) is 2.62. The van der Waals surface area contributed by atoms with Crippen LogP contribution in [0.4, 0.5) is 0 Å². The molecule has 1 heterocycles. The molecule has 2 unspecified atom stereocenters. The van der Waals surface area contributed by atoms with Gasteiger partial charge in [-0.2, -0.15) is 0 Å². The van der Waals surface area contributed by atoms with Crippen LogP contribution in [0.1, 0.15) is 41.0 Å². The second-order valence-corrected chi connectivity index (χ2v) is 6.75. The van der Waals surface area contributed by atoms with Crippen LogP contribution in [-0.4, -0.2) is 37.6 Å². The van der Waals surface area contributed by atoms with Gasteiger partial charge in [-0.15, -0.1) is 0 Å². The zero-order valence-corrected chi connectivity index (χ0v) is 12.0. The first-order valence-corrected chi connectivity index (χ1v) is 6.74. The molecule has 0 amide bonds. The van der Waals surface area contributed by atoms with Gasteiger partial charge in [0.15, 0.2) is 0 Å². The van der Waals surface area contributed by atoms with Crippen LogP contribution in [0.3, 0.4) is 0 Å². The molecule has 2 nitrogen and oxygen atoms in total. The zero-order chi connectivity index (χ0) is 12.3. The van der Waals surface area contributed by atoms with Crippen molar-refractivity contribution < 1.29 is 0 Å². The summed E-state index contributed by atoms with van der Waals surface area (Å²) in [4.78, 5) is 2.64. The van der Waals surface area contributed by atoms with Gasteiger partial charge in [0.25, 0.3) is 0 Å². The van der Waals surface area contributed by atoms with E-state index < -0.39 is 0 Å². The molecule has 2 atom stereocenters. The van der Waals surface area contributed by atoms with Crippen molar-refractivity contribution in [3.05, 3.63) is 0 Å². The highest BCUT2D eigenvalue weighted by molar-refractivity contribution is 4.86. The summed E-state index contributed by atoms with van der Waals surface area (Å²) in [6.45, 7) is 15.5. The molecule has 16 heavy (non-hydrogen) atoms. The van der Waals surface area contributed by atoms with Crippen LogP contribution in [0.25, 0.3) is 0 Å². The molecule has 1 rings (SSSR count). The third kappa shape index (κ3) is 3.74. The highest BCUT2D eigenvalue weighted by atomic mass is 15.2. The standard InChI is InChI=1S/C14H30N2/c1-11(2)13(15-6)10-16-8-7-12(9-16)14(3,4)5/h11-13,15H,7-10H2,1-6H3. The zero-order valence-electron chi connectivity index (χ0n) is 12.0. The highest BCUT2D eigenvalue weighted by Crippen LogP contribution is 2.33. The minimum absolute atomic E-state index is 0.474. The molecule has 1 fully saturated rings. The van der Waals surface area contributed by atoms with Crippen LogP contribution in [0.2, 0.25) is 0 Å². The van der Waals surface area contributed by atoms with Crippen molar-refractivity contribution in [2.75, 3.05) is 26.7 Å². The van der Waals surface area contributed by atoms with E-state index in [1.165, 1.54) is 26.1 Å². The van der Waals surface area contributed by atoms with Crippen LogP contribution in [0.5, 0.6) is 0 Å². The SMILES string of the molecule is CNC(CN1CCC(C(C)(C)C)C1)C(C)C. The molecule has 0 aromatic heterocycles. The molecule has 1 saturated heterocycles. The number of hydrogen-bond acceptors (Lipinski definition) is 2. The lowest BCUT2D eigenvalue weighted by Crippen LogP contribution is -2.42. The van der Waals surface area contributed by atoms with Gasteiger partial charge in [0.1, 0.15) is 0 Å². The molecule has 0 aromatic rings. The molecule has 1 aliphatic rings. The minimum atomic E-state index is 0.474. The van der Waals surface area contributed by atoms with Gasteiger partial charge in [0.2, 0.25) is 0 Å². The predicted molar refractivity (Wildman–Crippen MR) is 71.7 cm³/mol. The lowest BCUT2D eigenvalue weighted by atomic mass is 9.80. The van der Waals surface area contributed by atoms with Gasteiger partial charge in [-0.3, -0.25) is 0 Å². The molecular formula is C14H30N2. The molecule has 0 radical (unpaired) electrons. The molecule has 96 valence electrons. The summed E-state index contributed by atoms with van der Waals surface area (Å²) in [6, 6.07) is 0.638. The molecule has 0 bridgehead atoms. The van der Waals surface area contributed by atoms with Gasteiger partial charge >= 0.3 is 0 Å². The first kappa shape index (κ1) is 14.0. The summed E-state index contributed by atoms with van der Waals surface area (Å²) in [5, 5.41) is 3.44. The molecular weight excluding hydrogens is 196 g/mol. The third-order valence-electron chi connectivity index (χ3n) is 4.13. The van der Waals surface area contributed by atoms with E-state index >= 15 is 0 Å². The van der Waals surface area contributed by atoms with Gasteiger partial charge in [-0.1, -0.05) is 34.6 Å². The number of hydrogen-bond donors (Lipinski definition) is 1. The van der Waals surface area contributed by atoms with Crippen molar-refractivity contribution in [1.29, 1.82) is 0 Å². The normalized spacial score (nSPS) is 25.3. The van der Waals surface area contributed by atoms with Crippen molar-refractivity contribution >= 4 is 0 Å². The molecule has 0 saturated carbocycles. The van der Waals surface area contributed by atoms with Gasteiger partial charge in [0, 0.05) is 19.1 Å². The summed E-state index contributed by atoms with van der Waals surface area (Å²) in [5.41, 5.74) is 0.474. The number of nitrogens with zero attached hydrogens (tertiary/aromatic N) is 1. The molecule has 0 spiro atoms. The molecule has 0 aliphatic carbocycles. The molecule has 1 aliphatic heterocycles. The fraction of sp³-hybridized carbons (Fsp3) is 1.00. The van der Waals surface area contributed by atoms with Crippen LogP contribution in [-0.2, 0) is 0 Å². The monoisotopic (exact) mass is 226 g/mol. The van der Waals surface area contributed by atoms with Gasteiger partial charge in [-0.05, 0) is 37.3 Å². The Labute approximate surface area is 102 Å². The van der Waals surface area contributed by atoms with E-state index in [9.17, 15) is 0 Å². The Morgan fingerprint density at radius 1 is 1.31 bits per heavy atom. The van der Waals surface area contributed by atoms with Gasteiger partial charge in [-0.25, -0.2) is 0 Å². The summed E-state index contributed by atoms with van der Waals surface area (Å²) < 4.78 is 0. The van der Waals surface area contributed by atoms with Crippen molar-refractivity contribution in [2.24, 2.45) is 17.3 Å². The van der Waals surface area contributed by atoms with Crippen molar-refractivity contribution in [3.63, 3.8) is 0 Å². The average Bonchev–Trinajstić information content (AvgIpc) is 2.61. The Hall–Kier alpha value is -0.0800. The average molecular weight is 226 g/mol. The number of nitrogens with one attached hydrogen (secondary N) is 1. The van der Waals surface area contributed by atoms with Crippen molar-refractivity contribution in [2.45, 2.75) is 47.1 Å². The molecule has 2 heteroatoms. The third-order valence-corrected chi connectivity index (χ3v) is 4.13. The maximum Gasteiger partial charge on any atom is 0.0214 e. The minimum Gasteiger partial charge on any atom is -0.315 e. The van der Waals surface area contributed by atoms with Gasteiger partial charge in [0.05, 0.1) is 0 Å². The molecule has 1 N–H and O–H groups in total. The quantitative estimate of drug-likeness (QED) is 0.792. The Morgan fingerprint density at radius 2 is 1.94 bits per heavy atom. The largest absolute Gasteiger partial charge is 0.315 e. The molecule has 0 aromatic carbocycles. The van der Waals surface area contributed by atoms with E-state index in [0.29, 0.717) is 11.5 Å². The fourth-order valence-corrected chi connectivity index (χ4v) is 2.62. The number of likely N-dealkylation sites (tertiary alicyclic amines) is 1. The van der Waals surface area contributed by atoms with Crippen LogP contribution in [0.15, 0.2) is 0 Å². The van der Waals surface area contributed by atoms with E-state index in [2.05, 4.69) is 51.9 Å². The Balaban J connectivity index is 2.42. The summed E-state index contributed by atoms with van der Waals surface area (Å²) >= 11 is 0. The van der Waals surface area contributed by atoms with Crippen molar-refractivity contribution in [1.82, 2.24) is 10.2 Å². The summed E-state index contributed by atoms with van der Waals surface area (Å²) in [7, 11) is 2.09. The van der Waals surface area contributed by atoms with Crippen LogP contribution >= 0.6 is 0 Å². The first-order chi connectivity index (χ1) is 7.34. The maximum absolute atomic E-state index is 3.44. The van der Waals surface area contributed by atoms with E-state index in [4.69, 9.17) is 0 Å². The van der Waals surface area contributed by atoms with Crippen LogP contribution < -0.4 is 5.32 Å². The summed E-state index contributed by atoms with van der Waals surface area (Å²) in [5.74, 6) is 1.59. The maximum atomic E-state index is 3.44. The van der Waals surface area contributed by atoms with Gasteiger partial charge < -0.3 is 10.2 Å². The first-order valence-electron chi connectivity index (χ1n) is 6.74. The van der Waals surface area contributed by atoms with Crippen molar-refractivity contribution in [3.8, 4) is 0 Å². The Morgan fingerprint density at radius 3 is 2.31 bits per heavy atom. The topological polar surface area (TPSA) is 15.3 Å². The smallest absolute Gasteiger partial charge is 0.0214 e. The Bertz CT molecular complexity index is 205. The van der Waals surface area contributed by atoms with E-state index in [-0.39, 0.29) is 0 Å². The van der Waals surface area contributed by atoms with E-state index in [1.807, 2.05) is 0 Å². The Kier molecular flexibility index (Phi) is 4.81. The predicted octanol–water partition coefficient (Wildman–Crippen LogP) is 2.60. The lowest BCUT2D eigenvalue weighted by Gasteiger charge is -2.29.